The van der Waals surface area contributed by atoms with Crippen LogP contribution in [0.25, 0.3) is 16.9 Å². The largest absolute Gasteiger partial charge is 0.360 e. The molecule has 0 aliphatic heterocycles. The van der Waals surface area contributed by atoms with E-state index in [1.54, 1.807) is 31.2 Å². The lowest BCUT2D eigenvalue weighted by molar-refractivity contribution is -0.126. The third kappa shape index (κ3) is 2.58. The fourth-order valence-electron chi connectivity index (χ4n) is 1.95. The van der Waals surface area contributed by atoms with Gasteiger partial charge in [-0.3, -0.25) is 4.79 Å². The molecule has 0 aromatic carbocycles. The highest BCUT2D eigenvalue weighted by atomic mass is 16.2. The van der Waals surface area contributed by atoms with E-state index in [1.165, 1.54) is 11.2 Å². The second kappa shape index (κ2) is 5.76. The van der Waals surface area contributed by atoms with E-state index >= 15 is 0 Å². The van der Waals surface area contributed by atoms with Crippen molar-refractivity contribution in [2.75, 3.05) is 26.0 Å². The van der Waals surface area contributed by atoms with Gasteiger partial charge in [-0.15, -0.1) is 0 Å². The van der Waals surface area contributed by atoms with E-state index in [-0.39, 0.29) is 12.5 Å². The fourth-order valence-corrected chi connectivity index (χ4v) is 1.95. The summed E-state index contributed by atoms with van der Waals surface area (Å²) in [6, 6.07) is 5.56. The lowest BCUT2D eigenvalue weighted by Crippen LogP contribution is -2.28. The van der Waals surface area contributed by atoms with Gasteiger partial charge >= 0.3 is 0 Å². The summed E-state index contributed by atoms with van der Waals surface area (Å²) in [7, 11) is 3.41. The Morgan fingerprint density at radius 3 is 2.86 bits per heavy atom. The molecule has 3 rings (SSSR count). The maximum atomic E-state index is 11.7. The van der Waals surface area contributed by atoms with Crippen LogP contribution in [-0.4, -0.2) is 56.2 Å². The number of nitrogens with zero attached hydrogens (tertiary/aromatic N) is 6. The van der Waals surface area contributed by atoms with Crippen molar-refractivity contribution < 1.29 is 4.79 Å². The first-order valence-corrected chi connectivity index (χ1v) is 6.71. The molecule has 0 unspecified atom stereocenters. The van der Waals surface area contributed by atoms with Crippen molar-refractivity contribution in [2.45, 2.75) is 0 Å². The number of pyridine rings is 1. The van der Waals surface area contributed by atoms with E-state index in [2.05, 4.69) is 25.4 Å². The zero-order valence-electron chi connectivity index (χ0n) is 12.3. The quantitative estimate of drug-likeness (QED) is 0.763. The lowest BCUT2D eigenvalue weighted by atomic mass is 10.4. The number of anilines is 1. The van der Waals surface area contributed by atoms with Crippen molar-refractivity contribution >= 4 is 22.8 Å². The van der Waals surface area contributed by atoms with Gasteiger partial charge in [0.15, 0.2) is 11.5 Å². The van der Waals surface area contributed by atoms with Crippen LogP contribution in [0, 0.1) is 0 Å². The molecule has 0 fully saturated rings. The Morgan fingerprint density at radius 1 is 1.27 bits per heavy atom. The molecule has 112 valence electrons. The molecule has 0 aliphatic rings. The molecule has 0 aliphatic carbocycles. The number of aromatic nitrogens is 5. The number of hydrogen-bond acceptors (Lipinski definition) is 6. The minimum Gasteiger partial charge on any atom is -0.360 e. The van der Waals surface area contributed by atoms with Crippen LogP contribution in [-0.2, 0) is 4.79 Å². The van der Waals surface area contributed by atoms with E-state index in [4.69, 9.17) is 0 Å². The standard InChI is InChI=1S/C14H15N7O/c1-20(2)12(22)8-16-13-10-7-19-21(14(10)18-9-17-13)11-5-3-4-6-15-11/h3-7,9H,8H2,1-2H3,(H,16,17,18). The second-order valence-corrected chi connectivity index (χ2v) is 4.85. The van der Waals surface area contributed by atoms with Crippen LogP contribution in [0.1, 0.15) is 0 Å². The van der Waals surface area contributed by atoms with E-state index in [1.807, 2.05) is 18.2 Å². The summed E-state index contributed by atoms with van der Waals surface area (Å²) in [5.41, 5.74) is 0.633. The molecule has 3 aromatic rings. The second-order valence-electron chi connectivity index (χ2n) is 4.85. The number of nitrogens with one attached hydrogen (secondary N) is 1. The first kappa shape index (κ1) is 13.9. The number of carbonyl (C=O) groups is 1. The topological polar surface area (TPSA) is 88.8 Å². The van der Waals surface area contributed by atoms with Crippen molar-refractivity contribution in [3.63, 3.8) is 0 Å². The molecule has 0 spiro atoms. The normalized spacial score (nSPS) is 10.6. The molecule has 0 saturated carbocycles. The average Bonchev–Trinajstić information content (AvgIpc) is 2.97. The van der Waals surface area contributed by atoms with Crippen molar-refractivity contribution in [2.24, 2.45) is 0 Å². The molecule has 0 atom stereocenters. The van der Waals surface area contributed by atoms with Crippen LogP contribution in [0.5, 0.6) is 0 Å². The van der Waals surface area contributed by atoms with E-state index in [9.17, 15) is 4.79 Å². The Labute approximate surface area is 126 Å². The van der Waals surface area contributed by atoms with Gasteiger partial charge in [-0.05, 0) is 12.1 Å². The van der Waals surface area contributed by atoms with E-state index < -0.39 is 0 Å². The Bertz CT molecular complexity index is 797. The summed E-state index contributed by atoms with van der Waals surface area (Å²) in [6.45, 7) is 0.161. The fraction of sp³-hybridized carbons (Fsp3) is 0.214. The molecule has 0 saturated heterocycles. The Balaban J connectivity index is 1.94. The molecular formula is C14H15N7O. The van der Waals surface area contributed by atoms with Crippen LogP contribution in [0.4, 0.5) is 5.82 Å². The minimum atomic E-state index is -0.0381. The van der Waals surface area contributed by atoms with Gasteiger partial charge in [-0.1, -0.05) is 6.07 Å². The first-order chi connectivity index (χ1) is 10.7. The number of hydrogen-bond donors (Lipinski definition) is 1. The van der Waals surface area contributed by atoms with Gasteiger partial charge in [-0.25, -0.2) is 15.0 Å². The predicted molar refractivity (Wildman–Crippen MR) is 81.6 cm³/mol. The van der Waals surface area contributed by atoms with Gasteiger partial charge in [0, 0.05) is 20.3 Å². The molecular weight excluding hydrogens is 282 g/mol. The van der Waals surface area contributed by atoms with Crippen molar-refractivity contribution in [1.29, 1.82) is 0 Å². The molecule has 1 N–H and O–H groups in total. The summed E-state index contributed by atoms with van der Waals surface area (Å²) < 4.78 is 1.63. The van der Waals surface area contributed by atoms with Crippen LogP contribution in [0.2, 0.25) is 0 Å². The highest BCUT2D eigenvalue weighted by Gasteiger charge is 2.12. The summed E-state index contributed by atoms with van der Waals surface area (Å²) in [5.74, 6) is 1.21. The lowest BCUT2D eigenvalue weighted by Gasteiger charge is -2.11. The van der Waals surface area contributed by atoms with Gasteiger partial charge in [-0.2, -0.15) is 9.78 Å². The van der Waals surface area contributed by atoms with Gasteiger partial charge in [0.05, 0.1) is 18.1 Å². The van der Waals surface area contributed by atoms with Crippen molar-refractivity contribution in [1.82, 2.24) is 29.6 Å². The van der Waals surface area contributed by atoms with Crippen LogP contribution < -0.4 is 5.32 Å². The van der Waals surface area contributed by atoms with E-state index in [0.717, 1.165) is 5.39 Å². The molecule has 0 radical (unpaired) electrons. The molecule has 22 heavy (non-hydrogen) atoms. The van der Waals surface area contributed by atoms with Crippen LogP contribution in [0.3, 0.4) is 0 Å². The zero-order valence-corrected chi connectivity index (χ0v) is 12.3. The van der Waals surface area contributed by atoms with Gasteiger partial charge < -0.3 is 10.2 Å². The van der Waals surface area contributed by atoms with Crippen LogP contribution >= 0.6 is 0 Å². The summed E-state index contributed by atoms with van der Waals surface area (Å²) in [6.07, 6.45) is 4.79. The van der Waals surface area contributed by atoms with Crippen molar-refractivity contribution in [3.8, 4) is 5.82 Å². The predicted octanol–water partition coefficient (Wildman–Crippen LogP) is 0.711. The molecule has 3 heterocycles. The van der Waals surface area contributed by atoms with Gasteiger partial charge in [0.1, 0.15) is 12.1 Å². The summed E-state index contributed by atoms with van der Waals surface area (Å²) in [4.78, 5) is 25.9. The third-order valence-corrected chi connectivity index (χ3v) is 3.14. The number of rotatable bonds is 4. The molecule has 8 heteroatoms. The zero-order chi connectivity index (χ0) is 15.5. The Morgan fingerprint density at radius 2 is 2.14 bits per heavy atom. The van der Waals surface area contributed by atoms with Gasteiger partial charge in [0.25, 0.3) is 0 Å². The monoisotopic (exact) mass is 297 g/mol. The number of fused-ring (bicyclic) bond motifs is 1. The third-order valence-electron chi connectivity index (χ3n) is 3.14. The Hall–Kier alpha value is -3.03. The SMILES string of the molecule is CN(C)C(=O)CNc1ncnc2c1cnn2-c1ccccn1. The van der Waals surface area contributed by atoms with E-state index in [0.29, 0.717) is 17.3 Å². The highest BCUT2D eigenvalue weighted by Crippen LogP contribution is 2.20. The summed E-state index contributed by atoms with van der Waals surface area (Å²) in [5, 5.41) is 8.06. The minimum absolute atomic E-state index is 0.0381. The number of amides is 1. The summed E-state index contributed by atoms with van der Waals surface area (Å²) >= 11 is 0. The molecule has 8 nitrogen and oxygen atoms in total. The van der Waals surface area contributed by atoms with Crippen molar-refractivity contribution in [3.05, 3.63) is 36.9 Å². The van der Waals surface area contributed by atoms with Crippen LogP contribution in [0.15, 0.2) is 36.9 Å². The maximum Gasteiger partial charge on any atom is 0.241 e. The molecule has 1 amide bonds. The highest BCUT2D eigenvalue weighted by molar-refractivity contribution is 5.89. The smallest absolute Gasteiger partial charge is 0.241 e. The molecule has 0 bridgehead atoms. The maximum absolute atomic E-state index is 11.7. The molecule has 3 aromatic heterocycles. The Kier molecular flexibility index (Phi) is 3.65. The van der Waals surface area contributed by atoms with Gasteiger partial charge in [0.2, 0.25) is 5.91 Å². The number of carbonyl (C=O) groups excluding carboxylic acids is 1. The average molecular weight is 297 g/mol. The first-order valence-electron chi connectivity index (χ1n) is 6.71. The number of likely N-dealkylation sites (N-methyl/N-ethyl adjacent to an activating group) is 1.